The number of nitrogens with zero attached hydrogens (tertiary/aromatic N) is 3. The number of aliphatic hydroxyl groups excluding tert-OH is 1. The van der Waals surface area contributed by atoms with E-state index in [1.165, 1.54) is 24.3 Å². The quantitative estimate of drug-likeness (QED) is 0.481. The molecule has 1 atom stereocenters. The molecular formula is C16H21F2N5O3. The summed E-state index contributed by atoms with van der Waals surface area (Å²) in [6, 6.07) is 5.80. The lowest BCUT2D eigenvalue weighted by atomic mass is 10.1. The van der Waals surface area contributed by atoms with Gasteiger partial charge in [0.05, 0.1) is 6.10 Å². The molecule has 0 aliphatic carbocycles. The van der Waals surface area contributed by atoms with Crippen molar-refractivity contribution in [3.05, 3.63) is 41.5 Å². The molecule has 10 heteroatoms. The van der Waals surface area contributed by atoms with Crippen molar-refractivity contribution in [2.24, 2.45) is 4.99 Å². The number of hydrogen-bond donors (Lipinski definition) is 3. The molecule has 26 heavy (non-hydrogen) atoms. The first-order valence-corrected chi connectivity index (χ1v) is 8.02. The molecule has 0 spiro atoms. The van der Waals surface area contributed by atoms with E-state index < -0.39 is 12.7 Å². The van der Waals surface area contributed by atoms with Gasteiger partial charge < -0.3 is 25.0 Å². The Morgan fingerprint density at radius 3 is 2.62 bits per heavy atom. The summed E-state index contributed by atoms with van der Waals surface area (Å²) in [5, 5.41) is 20.0. The number of guanidine groups is 1. The van der Waals surface area contributed by atoms with Crippen molar-refractivity contribution in [1.82, 2.24) is 20.8 Å². The van der Waals surface area contributed by atoms with Crippen molar-refractivity contribution < 1.29 is 23.1 Å². The molecule has 1 aromatic carbocycles. The maximum absolute atomic E-state index is 12.1. The van der Waals surface area contributed by atoms with E-state index in [4.69, 9.17) is 4.52 Å². The van der Waals surface area contributed by atoms with Crippen molar-refractivity contribution in [1.29, 1.82) is 0 Å². The molecule has 0 saturated carbocycles. The zero-order chi connectivity index (χ0) is 18.9. The maximum Gasteiger partial charge on any atom is 0.387 e. The van der Waals surface area contributed by atoms with Gasteiger partial charge in [-0.3, -0.25) is 0 Å². The fourth-order valence-electron chi connectivity index (χ4n) is 2.08. The normalized spacial score (nSPS) is 12.9. The Hall–Kier alpha value is -2.75. The van der Waals surface area contributed by atoms with Crippen LogP contribution in [0.25, 0.3) is 0 Å². The van der Waals surface area contributed by atoms with Crippen LogP contribution in [0.15, 0.2) is 33.8 Å². The molecule has 0 bridgehead atoms. The fourth-order valence-corrected chi connectivity index (χ4v) is 2.08. The zero-order valence-electron chi connectivity index (χ0n) is 14.4. The van der Waals surface area contributed by atoms with E-state index in [9.17, 15) is 13.9 Å². The van der Waals surface area contributed by atoms with Gasteiger partial charge in [-0.2, -0.15) is 13.8 Å². The predicted octanol–water partition coefficient (Wildman–Crippen LogP) is 1.77. The Bertz CT molecular complexity index is 706. The average molecular weight is 369 g/mol. The van der Waals surface area contributed by atoms with Gasteiger partial charge in [0.25, 0.3) is 0 Å². The van der Waals surface area contributed by atoms with Gasteiger partial charge >= 0.3 is 6.61 Å². The fraction of sp³-hybridized carbons (Fsp3) is 0.438. The number of ether oxygens (including phenoxy) is 1. The molecule has 0 aliphatic heterocycles. The second-order valence-corrected chi connectivity index (χ2v) is 5.27. The van der Waals surface area contributed by atoms with Crippen LogP contribution in [-0.4, -0.2) is 40.9 Å². The van der Waals surface area contributed by atoms with E-state index in [0.717, 1.165) is 0 Å². The maximum atomic E-state index is 12.1. The van der Waals surface area contributed by atoms with Crippen LogP contribution in [0.5, 0.6) is 5.75 Å². The van der Waals surface area contributed by atoms with Gasteiger partial charge in [-0.1, -0.05) is 17.3 Å². The average Bonchev–Trinajstić information content (AvgIpc) is 3.02. The van der Waals surface area contributed by atoms with Gasteiger partial charge in [-0.05, 0) is 24.6 Å². The lowest BCUT2D eigenvalue weighted by Crippen LogP contribution is -2.39. The Morgan fingerprint density at radius 1 is 1.31 bits per heavy atom. The number of nitrogens with one attached hydrogen (secondary N) is 2. The highest BCUT2D eigenvalue weighted by molar-refractivity contribution is 5.79. The van der Waals surface area contributed by atoms with E-state index in [1.807, 2.05) is 6.92 Å². The Balaban J connectivity index is 1.90. The number of benzene rings is 1. The number of hydrogen-bond acceptors (Lipinski definition) is 6. The molecule has 0 radical (unpaired) electrons. The van der Waals surface area contributed by atoms with E-state index in [1.54, 1.807) is 6.92 Å². The number of alkyl halides is 2. The van der Waals surface area contributed by atoms with Crippen molar-refractivity contribution in [3.8, 4) is 5.75 Å². The minimum absolute atomic E-state index is 0.0363. The molecule has 1 aromatic heterocycles. The third-order valence-corrected chi connectivity index (χ3v) is 3.25. The van der Waals surface area contributed by atoms with Crippen LogP contribution in [0.3, 0.4) is 0 Å². The molecule has 2 aromatic rings. The van der Waals surface area contributed by atoms with Crippen LogP contribution >= 0.6 is 0 Å². The SMILES string of the molecule is CCNC(=NCc1noc(C)n1)NCC(O)c1ccc(OC(F)F)cc1. The number of halogens is 2. The second-order valence-electron chi connectivity index (χ2n) is 5.27. The Morgan fingerprint density at radius 2 is 2.04 bits per heavy atom. The minimum atomic E-state index is -2.88. The number of aliphatic hydroxyl groups is 1. The van der Waals surface area contributed by atoms with Crippen LogP contribution in [0.4, 0.5) is 8.78 Å². The summed E-state index contributed by atoms with van der Waals surface area (Å²) in [6.07, 6.45) is -0.855. The molecule has 2 rings (SSSR count). The molecule has 0 amide bonds. The molecule has 1 unspecified atom stereocenters. The van der Waals surface area contributed by atoms with Gasteiger partial charge in [0.2, 0.25) is 5.89 Å². The van der Waals surface area contributed by atoms with E-state index in [-0.39, 0.29) is 18.8 Å². The summed E-state index contributed by atoms with van der Waals surface area (Å²) < 4.78 is 33.4. The Kier molecular flexibility index (Phi) is 7.27. The smallest absolute Gasteiger partial charge is 0.387 e. The lowest BCUT2D eigenvalue weighted by Gasteiger charge is -2.15. The summed E-state index contributed by atoms with van der Waals surface area (Å²) in [6.45, 7) is 1.75. The first-order chi connectivity index (χ1) is 12.5. The molecule has 8 nitrogen and oxygen atoms in total. The number of aliphatic imine (C=N–C) groups is 1. The molecule has 0 fully saturated rings. The van der Waals surface area contributed by atoms with E-state index in [0.29, 0.717) is 29.8 Å². The highest BCUT2D eigenvalue weighted by Gasteiger charge is 2.10. The number of aromatic nitrogens is 2. The third-order valence-electron chi connectivity index (χ3n) is 3.25. The van der Waals surface area contributed by atoms with E-state index >= 15 is 0 Å². The summed E-state index contributed by atoms with van der Waals surface area (Å²) in [5.41, 5.74) is 0.559. The second kappa shape index (κ2) is 9.66. The first-order valence-electron chi connectivity index (χ1n) is 8.02. The minimum Gasteiger partial charge on any atom is -0.435 e. The summed E-state index contributed by atoms with van der Waals surface area (Å²) in [7, 11) is 0. The molecule has 0 aliphatic rings. The standard InChI is InChI=1S/C16H21F2N5O3/c1-3-19-16(21-9-14-22-10(2)26-23-14)20-8-13(24)11-4-6-12(7-5-11)25-15(17)18/h4-7,13,15,24H,3,8-9H2,1-2H3,(H2,19,20,21). The van der Waals surface area contributed by atoms with Gasteiger partial charge in [0, 0.05) is 20.0 Å². The van der Waals surface area contributed by atoms with Crippen LogP contribution in [0.2, 0.25) is 0 Å². The lowest BCUT2D eigenvalue weighted by molar-refractivity contribution is -0.0498. The van der Waals surface area contributed by atoms with Gasteiger partial charge in [0.1, 0.15) is 12.3 Å². The van der Waals surface area contributed by atoms with Crippen LogP contribution in [0.1, 0.15) is 30.3 Å². The van der Waals surface area contributed by atoms with Crippen molar-refractivity contribution in [2.75, 3.05) is 13.1 Å². The zero-order valence-corrected chi connectivity index (χ0v) is 14.4. The van der Waals surface area contributed by atoms with Crippen LogP contribution in [-0.2, 0) is 6.54 Å². The van der Waals surface area contributed by atoms with Crippen LogP contribution < -0.4 is 15.4 Å². The van der Waals surface area contributed by atoms with Gasteiger partial charge in [-0.15, -0.1) is 0 Å². The number of rotatable bonds is 8. The summed E-state index contributed by atoms with van der Waals surface area (Å²) >= 11 is 0. The highest BCUT2D eigenvalue weighted by atomic mass is 19.3. The van der Waals surface area contributed by atoms with Crippen molar-refractivity contribution in [3.63, 3.8) is 0 Å². The number of aryl methyl sites for hydroxylation is 1. The Labute approximate surface area is 149 Å². The van der Waals surface area contributed by atoms with Crippen molar-refractivity contribution in [2.45, 2.75) is 33.1 Å². The third kappa shape index (κ3) is 6.28. The highest BCUT2D eigenvalue weighted by Crippen LogP contribution is 2.18. The van der Waals surface area contributed by atoms with Crippen LogP contribution in [0, 0.1) is 6.92 Å². The molecule has 1 heterocycles. The molecular weight excluding hydrogens is 348 g/mol. The summed E-state index contributed by atoms with van der Waals surface area (Å²) in [4.78, 5) is 8.36. The predicted molar refractivity (Wildman–Crippen MR) is 89.9 cm³/mol. The monoisotopic (exact) mass is 369 g/mol. The molecule has 3 N–H and O–H groups in total. The largest absolute Gasteiger partial charge is 0.435 e. The van der Waals surface area contributed by atoms with E-state index in [2.05, 4.69) is 30.5 Å². The van der Waals surface area contributed by atoms with Crippen molar-refractivity contribution >= 4 is 5.96 Å². The van der Waals surface area contributed by atoms with Gasteiger partial charge in [-0.25, -0.2) is 4.99 Å². The first kappa shape index (κ1) is 19.6. The summed E-state index contributed by atoms with van der Waals surface area (Å²) in [5.74, 6) is 1.43. The van der Waals surface area contributed by atoms with Gasteiger partial charge in [0.15, 0.2) is 11.8 Å². The topological polar surface area (TPSA) is 105 Å². The molecule has 142 valence electrons. The molecule has 0 saturated heterocycles.